The first kappa shape index (κ1) is 14.4. The smallest absolute Gasteiger partial charge is 0.241 e. The number of hydrogen-bond acceptors (Lipinski definition) is 3. The van der Waals surface area contributed by atoms with Crippen LogP contribution in [0.25, 0.3) is 0 Å². The Hall–Kier alpha value is -0.980. The van der Waals surface area contributed by atoms with Crippen LogP contribution in [0.4, 0.5) is 10.1 Å². The first-order valence-corrected chi connectivity index (χ1v) is 6.95. The molecule has 1 aromatic rings. The number of halogens is 2. The van der Waals surface area contributed by atoms with E-state index in [-0.39, 0.29) is 17.6 Å². The maximum Gasteiger partial charge on any atom is 0.241 e. The molecule has 1 aliphatic rings. The van der Waals surface area contributed by atoms with Crippen molar-refractivity contribution in [2.45, 2.75) is 13.0 Å². The van der Waals surface area contributed by atoms with Gasteiger partial charge in [0.15, 0.2) is 0 Å². The molecule has 0 aliphatic carbocycles. The number of amides is 1. The fraction of sp³-hybridized carbons (Fsp3) is 0.462. The molecule has 6 heteroatoms. The molecule has 1 atom stereocenters. The molecule has 0 saturated carbocycles. The third-order valence-corrected chi connectivity index (χ3v) is 3.66. The van der Waals surface area contributed by atoms with E-state index in [1.807, 2.05) is 11.8 Å². The van der Waals surface area contributed by atoms with Crippen LogP contribution in [0.2, 0.25) is 0 Å². The van der Waals surface area contributed by atoms with Gasteiger partial charge in [0.1, 0.15) is 5.82 Å². The predicted octanol–water partition coefficient (Wildman–Crippen LogP) is 2.25. The van der Waals surface area contributed by atoms with Gasteiger partial charge in [0.2, 0.25) is 5.91 Å². The summed E-state index contributed by atoms with van der Waals surface area (Å²) in [4.78, 5) is 14.1. The first-order chi connectivity index (χ1) is 9.08. The molecule has 1 aromatic carbocycles. The number of anilines is 1. The van der Waals surface area contributed by atoms with Gasteiger partial charge in [-0.3, -0.25) is 9.69 Å². The number of nitrogens with one attached hydrogen (secondary N) is 1. The second kappa shape index (κ2) is 6.45. The summed E-state index contributed by atoms with van der Waals surface area (Å²) in [5, 5.41) is 2.62. The Morgan fingerprint density at radius 1 is 1.47 bits per heavy atom. The van der Waals surface area contributed by atoms with Gasteiger partial charge < -0.3 is 10.1 Å². The molecule has 1 amide bonds. The van der Waals surface area contributed by atoms with E-state index in [1.165, 1.54) is 6.07 Å². The van der Waals surface area contributed by atoms with E-state index in [0.29, 0.717) is 17.7 Å². The molecule has 1 saturated heterocycles. The van der Waals surface area contributed by atoms with Crippen LogP contribution in [0.15, 0.2) is 22.7 Å². The van der Waals surface area contributed by atoms with Crippen LogP contribution < -0.4 is 5.32 Å². The minimum Gasteiger partial charge on any atom is -0.379 e. The Balaban J connectivity index is 1.99. The van der Waals surface area contributed by atoms with E-state index in [2.05, 4.69) is 21.2 Å². The second-order valence-electron chi connectivity index (χ2n) is 4.44. The quantitative estimate of drug-likeness (QED) is 0.924. The molecule has 0 radical (unpaired) electrons. The summed E-state index contributed by atoms with van der Waals surface area (Å²) in [6, 6.07) is 4.27. The zero-order valence-corrected chi connectivity index (χ0v) is 12.2. The zero-order valence-electron chi connectivity index (χ0n) is 10.7. The largest absolute Gasteiger partial charge is 0.379 e. The highest BCUT2D eigenvalue weighted by Crippen LogP contribution is 2.19. The van der Waals surface area contributed by atoms with Gasteiger partial charge in [0.05, 0.1) is 24.9 Å². The van der Waals surface area contributed by atoms with E-state index in [1.54, 1.807) is 12.1 Å². The van der Waals surface area contributed by atoms with Crippen molar-refractivity contribution >= 4 is 27.5 Å². The lowest BCUT2D eigenvalue weighted by Crippen LogP contribution is -2.47. The van der Waals surface area contributed by atoms with Gasteiger partial charge in [0, 0.05) is 17.6 Å². The van der Waals surface area contributed by atoms with E-state index in [4.69, 9.17) is 4.74 Å². The average molecular weight is 331 g/mol. The summed E-state index contributed by atoms with van der Waals surface area (Å²) in [5.74, 6) is -0.653. The topological polar surface area (TPSA) is 41.6 Å². The normalized spacial score (nSPS) is 18.1. The van der Waals surface area contributed by atoms with E-state index in [9.17, 15) is 9.18 Å². The third kappa shape index (κ3) is 3.75. The Morgan fingerprint density at radius 2 is 2.16 bits per heavy atom. The molecule has 0 unspecified atom stereocenters. The lowest BCUT2D eigenvalue weighted by atomic mass is 10.2. The molecule has 0 aromatic heterocycles. The van der Waals surface area contributed by atoms with Crippen LogP contribution >= 0.6 is 15.9 Å². The van der Waals surface area contributed by atoms with Crippen LogP contribution in [0, 0.1) is 5.82 Å². The fourth-order valence-electron chi connectivity index (χ4n) is 1.96. The van der Waals surface area contributed by atoms with Crippen molar-refractivity contribution in [3.05, 3.63) is 28.5 Å². The van der Waals surface area contributed by atoms with E-state index in [0.717, 1.165) is 13.1 Å². The number of carbonyl (C=O) groups excluding carboxylic acids is 1. The van der Waals surface area contributed by atoms with Crippen molar-refractivity contribution in [2.75, 3.05) is 31.6 Å². The van der Waals surface area contributed by atoms with Gasteiger partial charge in [-0.2, -0.15) is 0 Å². The van der Waals surface area contributed by atoms with Crippen molar-refractivity contribution in [1.29, 1.82) is 0 Å². The SMILES string of the molecule is C[C@H](C(=O)Nc1ccc(Br)cc1F)N1CCOCC1. The minimum absolute atomic E-state index is 0.202. The Labute approximate surface area is 120 Å². The molecular weight excluding hydrogens is 315 g/mol. The van der Waals surface area contributed by atoms with Crippen LogP contribution in [-0.2, 0) is 9.53 Å². The van der Waals surface area contributed by atoms with E-state index >= 15 is 0 Å². The van der Waals surface area contributed by atoms with Crippen LogP contribution in [0.5, 0.6) is 0 Å². The molecule has 1 fully saturated rings. The van der Waals surface area contributed by atoms with Gasteiger partial charge in [0.25, 0.3) is 0 Å². The van der Waals surface area contributed by atoms with Crippen molar-refractivity contribution in [3.8, 4) is 0 Å². The highest BCUT2D eigenvalue weighted by molar-refractivity contribution is 9.10. The number of nitrogens with zero attached hydrogens (tertiary/aromatic N) is 1. The van der Waals surface area contributed by atoms with Crippen LogP contribution in [0.1, 0.15) is 6.92 Å². The van der Waals surface area contributed by atoms with Crippen molar-refractivity contribution in [1.82, 2.24) is 4.90 Å². The van der Waals surface area contributed by atoms with Crippen molar-refractivity contribution in [3.63, 3.8) is 0 Å². The van der Waals surface area contributed by atoms with Crippen molar-refractivity contribution in [2.24, 2.45) is 0 Å². The number of morpholine rings is 1. The summed E-state index contributed by atoms with van der Waals surface area (Å²) in [6.45, 7) is 4.51. The summed E-state index contributed by atoms with van der Waals surface area (Å²) in [6.07, 6.45) is 0. The lowest BCUT2D eigenvalue weighted by Gasteiger charge is -2.31. The van der Waals surface area contributed by atoms with Crippen molar-refractivity contribution < 1.29 is 13.9 Å². The Morgan fingerprint density at radius 3 is 2.79 bits per heavy atom. The number of carbonyl (C=O) groups is 1. The van der Waals surface area contributed by atoms with E-state index < -0.39 is 5.82 Å². The Bertz CT molecular complexity index is 464. The first-order valence-electron chi connectivity index (χ1n) is 6.15. The Kier molecular flexibility index (Phi) is 4.90. The highest BCUT2D eigenvalue weighted by Gasteiger charge is 2.23. The molecule has 19 heavy (non-hydrogen) atoms. The molecule has 1 heterocycles. The molecule has 2 rings (SSSR count). The number of ether oxygens (including phenoxy) is 1. The summed E-state index contributed by atoms with van der Waals surface area (Å²) < 4.78 is 19.5. The summed E-state index contributed by atoms with van der Waals surface area (Å²) >= 11 is 3.18. The molecule has 4 nitrogen and oxygen atoms in total. The summed E-state index contributed by atoms with van der Waals surface area (Å²) in [5.41, 5.74) is 0.202. The zero-order chi connectivity index (χ0) is 13.8. The van der Waals surface area contributed by atoms with Gasteiger partial charge in [-0.05, 0) is 25.1 Å². The lowest BCUT2D eigenvalue weighted by molar-refractivity contribution is -0.122. The molecule has 1 N–H and O–H groups in total. The maximum atomic E-state index is 13.6. The molecule has 104 valence electrons. The molecule has 1 aliphatic heterocycles. The van der Waals surface area contributed by atoms with Crippen LogP contribution in [-0.4, -0.2) is 43.2 Å². The van der Waals surface area contributed by atoms with Crippen LogP contribution in [0.3, 0.4) is 0 Å². The van der Waals surface area contributed by atoms with Gasteiger partial charge >= 0.3 is 0 Å². The number of benzene rings is 1. The predicted molar refractivity (Wildman–Crippen MR) is 74.6 cm³/mol. The molecule has 0 spiro atoms. The van der Waals surface area contributed by atoms with Gasteiger partial charge in [-0.1, -0.05) is 15.9 Å². The summed E-state index contributed by atoms with van der Waals surface area (Å²) in [7, 11) is 0. The van der Waals surface area contributed by atoms with Gasteiger partial charge in [-0.25, -0.2) is 4.39 Å². The third-order valence-electron chi connectivity index (χ3n) is 3.16. The number of hydrogen-bond donors (Lipinski definition) is 1. The number of rotatable bonds is 3. The molecule has 0 bridgehead atoms. The highest BCUT2D eigenvalue weighted by atomic mass is 79.9. The standard InChI is InChI=1S/C13H16BrFN2O2/c1-9(17-4-6-19-7-5-17)13(18)16-12-3-2-10(14)8-11(12)15/h2-3,8-9H,4-7H2,1H3,(H,16,18)/t9-/m1/s1. The minimum atomic E-state index is -0.447. The maximum absolute atomic E-state index is 13.6. The second-order valence-corrected chi connectivity index (χ2v) is 5.35. The monoisotopic (exact) mass is 330 g/mol. The average Bonchev–Trinajstić information content (AvgIpc) is 2.42. The van der Waals surface area contributed by atoms with Gasteiger partial charge in [-0.15, -0.1) is 0 Å². The fourth-order valence-corrected chi connectivity index (χ4v) is 2.29. The molecular formula is C13H16BrFN2O2.